The van der Waals surface area contributed by atoms with Crippen molar-refractivity contribution in [1.82, 2.24) is 4.90 Å². The van der Waals surface area contributed by atoms with Gasteiger partial charge in [-0.05, 0) is 66.8 Å². The number of carbonyl (C=O) groups is 1. The molecular weight excluding hydrogens is 429 g/mol. The summed E-state index contributed by atoms with van der Waals surface area (Å²) in [5, 5.41) is 10.7. The standard InChI is InChI=1S/C22H21F3N2O5/c23-22(24,25)32-19-3-1-2-15(12-19)16-13-21(14-16)8-10-26(11-9-21)20(28)31-18-6-4-17(5-7-18)27(29)30/h1-7,12,16H,8-11,13-14H2. The number of rotatable bonds is 4. The molecule has 1 aliphatic carbocycles. The molecule has 2 aliphatic rings. The largest absolute Gasteiger partial charge is 0.573 e. The topological polar surface area (TPSA) is 81.9 Å². The molecule has 7 nitrogen and oxygen atoms in total. The summed E-state index contributed by atoms with van der Waals surface area (Å²) in [4.78, 5) is 24.2. The van der Waals surface area contributed by atoms with Gasteiger partial charge in [0.05, 0.1) is 4.92 Å². The predicted octanol–water partition coefficient (Wildman–Crippen LogP) is 5.65. The van der Waals surface area contributed by atoms with Crippen molar-refractivity contribution in [1.29, 1.82) is 0 Å². The van der Waals surface area contributed by atoms with Gasteiger partial charge >= 0.3 is 12.5 Å². The van der Waals surface area contributed by atoms with E-state index in [2.05, 4.69) is 4.74 Å². The van der Waals surface area contributed by atoms with Crippen molar-refractivity contribution in [3.63, 3.8) is 0 Å². The molecule has 0 unspecified atom stereocenters. The minimum atomic E-state index is -4.71. The summed E-state index contributed by atoms with van der Waals surface area (Å²) in [7, 11) is 0. The monoisotopic (exact) mass is 450 g/mol. The Morgan fingerprint density at radius 3 is 2.31 bits per heavy atom. The van der Waals surface area contributed by atoms with Crippen LogP contribution >= 0.6 is 0 Å². The minimum absolute atomic E-state index is 0.0791. The number of non-ortho nitro benzene ring substituents is 1. The summed E-state index contributed by atoms with van der Waals surface area (Å²) >= 11 is 0. The maximum Gasteiger partial charge on any atom is 0.573 e. The summed E-state index contributed by atoms with van der Waals surface area (Å²) in [6.07, 6.45) is -1.92. The number of nitro groups is 1. The summed E-state index contributed by atoms with van der Waals surface area (Å²) in [5.74, 6) is 0.204. The van der Waals surface area contributed by atoms with Gasteiger partial charge in [-0.15, -0.1) is 13.2 Å². The Morgan fingerprint density at radius 2 is 1.72 bits per heavy atom. The fourth-order valence-electron chi connectivity index (χ4n) is 4.56. The summed E-state index contributed by atoms with van der Waals surface area (Å²) in [5.41, 5.74) is 0.826. The van der Waals surface area contributed by atoms with E-state index in [9.17, 15) is 28.1 Å². The highest BCUT2D eigenvalue weighted by atomic mass is 19.4. The molecule has 2 aromatic carbocycles. The number of hydrogen-bond acceptors (Lipinski definition) is 5. The van der Waals surface area contributed by atoms with Crippen LogP contribution in [0.4, 0.5) is 23.7 Å². The third-order valence-corrected chi connectivity index (χ3v) is 6.26. The van der Waals surface area contributed by atoms with Gasteiger partial charge in [-0.1, -0.05) is 12.1 Å². The van der Waals surface area contributed by atoms with Gasteiger partial charge < -0.3 is 14.4 Å². The van der Waals surface area contributed by atoms with E-state index in [1.54, 1.807) is 11.0 Å². The van der Waals surface area contributed by atoms with E-state index >= 15 is 0 Å². The van der Waals surface area contributed by atoms with Crippen LogP contribution in [0.15, 0.2) is 48.5 Å². The average Bonchev–Trinajstić information content (AvgIpc) is 2.71. The minimum Gasteiger partial charge on any atom is -0.410 e. The highest BCUT2D eigenvalue weighted by Crippen LogP contribution is 2.57. The molecular formula is C22H21F3N2O5. The van der Waals surface area contributed by atoms with Crippen LogP contribution in [0.5, 0.6) is 11.5 Å². The molecule has 4 rings (SSSR count). The fraction of sp³-hybridized carbons (Fsp3) is 0.409. The molecule has 1 amide bonds. The van der Waals surface area contributed by atoms with Gasteiger partial charge in [0.15, 0.2) is 0 Å². The second kappa shape index (κ2) is 8.33. The van der Waals surface area contributed by atoms with E-state index in [-0.39, 0.29) is 28.5 Å². The first kappa shape index (κ1) is 21.9. The van der Waals surface area contributed by atoms with Gasteiger partial charge in [-0.25, -0.2) is 4.79 Å². The molecule has 0 radical (unpaired) electrons. The zero-order valence-electron chi connectivity index (χ0n) is 17.0. The SMILES string of the molecule is O=C(Oc1ccc([N+](=O)[O-])cc1)N1CCC2(CC1)CC(c1cccc(OC(F)(F)F)c1)C2. The van der Waals surface area contributed by atoms with Crippen molar-refractivity contribution in [3.8, 4) is 11.5 Å². The van der Waals surface area contributed by atoms with E-state index in [0.29, 0.717) is 13.1 Å². The van der Waals surface area contributed by atoms with Crippen molar-refractivity contribution >= 4 is 11.8 Å². The average molecular weight is 450 g/mol. The Morgan fingerprint density at radius 1 is 1.06 bits per heavy atom. The van der Waals surface area contributed by atoms with Crippen molar-refractivity contribution in [2.75, 3.05) is 13.1 Å². The van der Waals surface area contributed by atoms with E-state index < -0.39 is 17.4 Å². The van der Waals surface area contributed by atoms with Gasteiger partial charge in [0, 0.05) is 25.2 Å². The quantitative estimate of drug-likeness (QED) is 0.444. The third kappa shape index (κ3) is 4.95. The number of nitro benzene ring substituents is 1. The zero-order valence-corrected chi connectivity index (χ0v) is 17.0. The van der Waals surface area contributed by atoms with Gasteiger partial charge in [-0.2, -0.15) is 0 Å². The molecule has 1 saturated heterocycles. The number of halogens is 3. The van der Waals surface area contributed by atoms with Crippen LogP contribution in [0.3, 0.4) is 0 Å². The van der Waals surface area contributed by atoms with Gasteiger partial charge in [-0.3, -0.25) is 10.1 Å². The molecule has 0 N–H and O–H groups in total. The lowest BCUT2D eigenvalue weighted by molar-refractivity contribution is -0.384. The van der Waals surface area contributed by atoms with Crippen LogP contribution in [0.1, 0.15) is 37.2 Å². The number of hydrogen-bond donors (Lipinski definition) is 0. The van der Waals surface area contributed by atoms with E-state index in [4.69, 9.17) is 4.74 Å². The molecule has 32 heavy (non-hydrogen) atoms. The maximum atomic E-state index is 12.5. The molecule has 170 valence electrons. The third-order valence-electron chi connectivity index (χ3n) is 6.26. The van der Waals surface area contributed by atoms with Crippen LogP contribution in [-0.2, 0) is 0 Å². The molecule has 10 heteroatoms. The number of ether oxygens (including phenoxy) is 2. The summed E-state index contributed by atoms with van der Waals surface area (Å²) in [6, 6.07) is 11.4. The Balaban J connectivity index is 1.28. The first-order valence-electron chi connectivity index (χ1n) is 10.2. The molecule has 1 aliphatic heterocycles. The number of amides is 1. The van der Waals surface area contributed by atoms with E-state index in [1.807, 2.05) is 6.07 Å². The van der Waals surface area contributed by atoms with Gasteiger partial charge in [0.1, 0.15) is 11.5 Å². The maximum absolute atomic E-state index is 12.5. The lowest BCUT2D eigenvalue weighted by atomic mass is 9.56. The molecule has 0 aromatic heterocycles. The molecule has 0 atom stereocenters. The van der Waals surface area contributed by atoms with Crippen LogP contribution < -0.4 is 9.47 Å². The number of carbonyl (C=O) groups excluding carboxylic acids is 1. The second-order valence-electron chi connectivity index (χ2n) is 8.33. The number of alkyl halides is 3. The van der Waals surface area contributed by atoms with E-state index in [1.165, 1.54) is 36.4 Å². The lowest BCUT2D eigenvalue weighted by Gasteiger charge is -2.52. The number of likely N-dealkylation sites (tertiary alicyclic amines) is 1. The smallest absolute Gasteiger partial charge is 0.410 e. The first-order valence-corrected chi connectivity index (χ1v) is 10.2. The molecule has 0 bridgehead atoms. The van der Waals surface area contributed by atoms with Gasteiger partial charge in [0.25, 0.3) is 5.69 Å². The highest BCUT2D eigenvalue weighted by molar-refractivity contribution is 5.71. The fourth-order valence-corrected chi connectivity index (χ4v) is 4.56. The molecule has 2 fully saturated rings. The number of piperidine rings is 1. The van der Waals surface area contributed by atoms with Crippen LogP contribution in [0.2, 0.25) is 0 Å². The van der Waals surface area contributed by atoms with E-state index in [0.717, 1.165) is 31.2 Å². The lowest BCUT2D eigenvalue weighted by Crippen LogP contribution is -2.48. The highest BCUT2D eigenvalue weighted by Gasteiger charge is 2.47. The second-order valence-corrected chi connectivity index (χ2v) is 8.33. The van der Waals surface area contributed by atoms with Crippen molar-refractivity contribution in [2.45, 2.75) is 38.0 Å². The van der Waals surface area contributed by atoms with Gasteiger partial charge in [0.2, 0.25) is 0 Å². The summed E-state index contributed by atoms with van der Waals surface area (Å²) in [6.45, 7) is 1.05. The molecule has 1 spiro atoms. The predicted molar refractivity (Wildman–Crippen MR) is 107 cm³/mol. The molecule has 2 aromatic rings. The molecule has 1 saturated carbocycles. The molecule has 1 heterocycles. The zero-order chi connectivity index (χ0) is 22.9. The normalized spacial score (nSPS) is 18.2. The summed E-state index contributed by atoms with van der Waals surface area (Å²) < 4.78 is 46.7. The Kier molecular flexibility index (Phi) is 5.70. The number of nitrogens with zero attached hydrogens (tertiary/aromatic N) is 2. The Hall–Kier alpha value is -3.30. The van der Waals surface area contributed by atoms with Crippen molar-refractivity contribution in [2.24, 2.45) is 5.41 Å². The van der Waals surface area contributed by atoms with Crippen LogP contribution in [0.25, 0.3) is 0 Å². The van der Waals surface area contributed by atoms with Crippen LogP contribution in [0, 0.1) is 15.5 Å². The number of benzene rings is 2. The van der Waals surface area contributed by atoms with Crippen molar-refractivity contribution < 1.29 is 32.4 Å². The Bertz CT molecular complexity index is 993. The Labute approximate surface area is 181 Å². The van der Waals surface area contributed by atoms with Crippen LogP contribution in [-0.4, -0.2) is 35.4 Å². The first-order chi connectivity index (χ1) is 15.1. The van der Waals surface area contributed by atoms with Crippen molar-refractivity contribution in [3.05, 3.63) is 64.2 Å².